The van der Waals surface area contributed by atoms with Gasteiger partial charge in [-0.1, -0.05) is 17.7 Å². The van der Waals surface area contributed by atoms with Gasteiger partial charge in [0.1, 0.15) is 0 Å². The highest BCUT2D eigenvalue weighted by Crippen LogP contribution is 2.19. The number of benzene rings is 1. The quantitative estimate of drug-likeness (QED) is 0.877. The average molecular weight is 241 g/mol. The molecule has 16 heavy (non-hydrogen) atoms. The summed E-state index contributed by atoms with van der Waals surface area (Å²) in [5.74, 6) is 0.0687. The lowest BCUT2D eigenvalue weighted by molar-refractivity contribution is -0.127. The van der Waals surface area contributed by atoms with E-state index in [1.54, 1.807) is 11.9 Å². The van der Waals surface area contributed by atoms with Gasteiger partial charge in [0.15, 0.2) is 0 Å². The Balaban J connectivity index is 2.55. The molecule has 0 aromatic heterocycles. The summed E-state index contributed by atoms with van der Waals surface area (Å²) < 4.78 is 0. The van der Waals surface area contributed by atoms with E-state index in [0.29, 0.717) is 11.6 Å². The zero-order valence-electron chi connectivity index (χ0n) is 9.88. The molecule has 0 atom stereocenters. The lowest BCUT2D eigenvalue weighted by Gasteiger charge is -2.15. The van der Waals surface area contributed by atoms with Crippen molar-refractivity contribution in [3.05, 3.63) is 28.8 Å². The van der Waals surface area contributed by atoms with Crippen molar-refractivity contribution < 1.29 is 4.79 Å². The Morgan fingerprint density at radius 2 is 2.19 bits per heavy atom. The molecule has 0 heterocycles. The second-order valence-electron chi connectivity index (χ2n) is 3.73. The van der Waals surface area contributed by atoms with E-state index >= 15 is 0 Å². The molecule has 1 rings (SSSR count). The standard InChI is InChI=1S/C12H17ClN2O/c1-4-15(3)12(16)8-14-10-6-5-9(2)11(13)7-10/h5-7,14H,4,8H2,1-3H3. The van der Waals surface area contributed by atoms with Crippen LogP contribution in [-0.2, 0) is 4.79 Å². The smallest absolute Gasteiger partial charge is 0.241 e. The van der Waals surface area contributed by atoms with Crippen LogP contribution in [0.4, 0.5) is 5.69 Å². The first-order chi connectivity index (χ1) is 7.54. The Morgan fingerprint density at radius 3 is 2.75 bits per heavy atom. The van der Waals surface area contributed by atoms with Crippen LogP contribution in [0.15, 0.2) is 18.2 Å². The van der Waals surface area contributed by atoms with Crippen molar-refractivity contribution in [3.8, 4) is 0 Å². The summed E-state index contributed by atoms with van der Waals surface area (Å²) in [6, 6.07) is 5.68. The van der Waals surface area contributed by atoms with Gasteiger partial charge in [-0.15, -0.1) is 0 Å². The number of hydrogen-bond donors (Lipinski definition) is 1. The summed E-state index contributed by atoms with van der Waals surface area (Å²) >= 11 is 5.98. The van der Waals surface area contributed by atoms with Gasteiger partial charge in [-0.05, 0) is 31.5 Å². The fraction of sp³-hybridized carbons (Fsp3) is 0.417. The van der Waals surface area contributed by atoms with E-state index < -0.39 is 0 Å². The number of halogens is 1. The Kier molecular flexibility index (Phi) is 4.62. The monoisotopic (exact) mass is 240 g/mol. The molecule has 3 nitrogen and oxygen atoms in total. The van der Waals surface area contributed by atoms with Gasteiger partial charge in [0.25, 0.3) is 0 Å². The largest absolute Gasteiger partial charge is 0.376 e. The van der Waals surface area contributed by atoms with Crippen LogP contribution in [0.3, 0.4) is 0 Å². The van der Waals surface area contributed by atoms with Crippen molar-refractivity contribution in [1.29, 1.82) is 0 Å². The predicted octanol–water partition coefficient (Wildman–Crippen LogP) is 2.54. The van der Waals surface area contributed by atoms with Crippen LogP contribution in [0, 0.1) is 6.92 Å². The fourth-order valence-corrected chi connectivity index (χ4v) is 1.37. The molecule has 0 saturated heterocycles. The first-order valence-corrected chi connectivity index (χ1v) is 5.66. The van der Waals surface area contributed by atoms with Crippen molar-refractivity contribution in [3.63, 3.8) is 0 Å². The molecule has 4 heteroatoms. The third-order valence-electron chi connectivity index (χ3n) is 2.52. The van der Waals surface area contributed by atoms with Gasteiger partial charge >= 0.3 is 0 Å². The first kappa shape index (κ1) is 12.8. The zero-order valence-corrected chi connectivity index (χ0v) is 10.6. The second-order valence-corrected chi connectivity index (χ2v) is 4.13. The number of carbonyl (C=O) groups is 1. The Bertz CT molecular complexity index is 379. The molecule has 1 N–H and O–H groups in total. The molecule has 0 aliphatic carbocycles. The number of aryl methyl sites for hydroxylation is 1. The molecule has 1 amide bonds. The number of likely N-dealkylation sites (N-methyl/N-ethyl adjacent to an activating group) is 1. The maximum Gasteiger partial charge on any atom is 0.241 e. The summed E-state index contributed by atoms with van der Waals surface area (Å²) in [7, 11) is 1.78. The number of nitrogens with one attached hydrogen (secondary N) is 1. The van der Waals surface area contributed by atoms with Gasteiger partial charge in [-0.2, -0.15) is 0 Å². The molecule has 0 aliphatic rings. The average Bonchev–Trinajstić information content (AvgIpc) is 2.29. The molecule has 0 aliphatic heterocycles. The van der Waals surface area contributed by atoms with Gasteiger partial charge < -0.3 is 10.2 Å². The van der Waals surface area contributed by atoms with E-state index in [2.05, 4.69) is 5.32 Å². The van der Waals surface area contributed by atoms with E-state index in [1.165, 1.54) is 0 Å². The molecule has 0 unspecified atom stereocenters. The summed E-state index contributed by atoms with van der Waals surface area (Å²) in [5.41, 5.74) is 1.90. The summed E-state index contributed by atoms with van der Waals surface area (Å²) in [6.07, 6.45) is 0. The third kappa shape index (κ3) is 3.42. The topological polar surface area (TPSA) is 32.3 Å². The predicted molar refractivity (Wildman–Crippen MR) is 68.0 cm³/mol. The van der Waals surface area contributed by atoms with E-state index in [4.69, 9.17) is 11.6 Å². The number of carbonyl (C=O) groups excluding carboxylic acids is 1. The summed E-state index contributed by atoms with van der Waals surface area (Å²) in [6.45, 7) is 4.90. The molecular formula is C12H17ClN2O. The maximum atomic E-state index is 11.5. The molecule has 0 radical (unpaired) electrons. The van der Waals surface area contributed by atoms with Crippen LogP contribution in [0.5, 0.6) is 0 Å². The van der Waals surface area contributed by atoms with Crippen molar-refractivity contribution in [2.24, 2.45) is 0 Å². The van der Waals surface area contributed by atoms with Crippen LogP contribution in [0.2, 0.25) is 5.02 Å². The van der Waals surface area contributed by atoms with E-state index in [0.717, 1.165) is 17.8 Å². The van der Waals surface area contributed by atoms with Crippen LogP contribution < -0.4 is 5.32 Å². The van der Waals surface area contributed by atoms with Gasteiger partial charge in [0.05, 0.1) is 6.54 Å². The van der Waals surface area contributed by atoms with Crippen molar-refractivity contribution in [1.82, 2.24) is 4.90 Å². The van der Waals surface area contributed by atoms with Crippen molar-refractivity contribution in [2.45, 2.75) is 13.8 Å². The minimum atomic E-state index is 0.0687. The first-order valence-electron chi connectivity index (χ1n) is 5.28. The normalized spacial score (nSPS) is 10.0. The number of amides is 1. The van der Waals surface area contributed by atoms with E-state index in [9.17, 15) is 4.79 Å². The van der Waals surface area contributed by atoms with Crippen molar-refractivity contribution in [2.75, 3.05) is 25.5 Å². The molecule has 0 saturated carbocycles. The number of rotatable bonds is 4. The third-order valence-corrected chi connectivity index (χ3v) is 2.92. The minimum Gasteiger partial charge on any atom is -0.376 e. The Labute approximate surface area is 101 Å². The Hall–Kier alpha value is -1.22. The minimum absolute atomic E-state index is 0.0687. The van der Waals surface area contributed by atoms with Crippen LogP contribution >= 0.6 is 11.6 Å². The fourth-order valence-electron chi connectivity index (χ4n) is 1.19. The van der Waals surface area contributed by atoms with Gasteiger partial charge in [0, 0.05) is 24.3 Å². The van der Waals surface area contributed by atoms with Gasteiger partial charge in [0.2, 0.25) is 5.91 Å². The highest BCUT2D eigenvalue weighted by Gasteiger charge is 2.06. The molecule has 0 spiro atoms. The lowest BCUT2D eigenvalue weighted by atomic mass is 10.2. The van der Waals surface area contributed by atoms with Gasteiger partial charge in [-0.3, -0.25) is 4.79 Å². The highest BCUT2D eigenvalue weighted by molar-refractivity contribution is 6.31. The van der Waals surface area contributed by atoms with E-state index in [1.807, 2.05) is 32.0 Å². The lowest BCUT2D eigenvalue weighted by Crippen LogP contribution is -2.31. The molecule has 0 fully saturated rings. The molecular weight excluding hydrogens is 224 g/mol. The number of hydrogen-bond acceptors (Lipinski definition) is 2. The summed E-state index contributed by atoms with van der Waals surface area (Å²) in [5, 5.41) is 3.76. The number of nitrogens with zero attached hydrogens (tertiary/aromatic N) is 1. The molecule has 1 aromatic rings. The van der Waals surface area contributed by atoms with E-state index in [-0.39, 0.29) is 5.91 Å². The van der Waals surface area contributed by atoms with Crippen LogP contribution in [-0.4, -0.2) is 30.9 Å². The van der Waals surface area contributed by atoms with Crippen LogP contribution in [0.1, 0.15) is 12.5 Å². The Morgan fingerprint density at radius 1 is 1.50 bits per heavy atom. The van der Waals surface area contributed by atoms with Crippen LogP contribution in [0.25, 0.3) is 0 Å². The molecule has 88 valence electrons. The van der Waals surface area contributed by atoms with Crippen molar-refractivity contribution >= 4 is 23.2 Å². The SMILES string of the molecule is CCN(C)C(=O)CNc1ccc(C)c(Cl)c1. The molecule has 0 bridgehead atoms. The zero-order chi connectivity index (χ0) is 12.1. The number of anilines is 1. The van der Waals surface area contributed by atoms with Gasteiger partial charge in [-0.25, -0.2) is 0 Å². The molecule has 1 aromatic carbocycles. The highest BCUT2D eigenvalue weighted by atomic mass is 35.5. The summed E-state index contributed by atoms with van der Waals surface area (Å²) in [4.78, 5) is 13.2. The maximum absolute atomic E-state index is 11.5. The second kappa shape index (κ2) is 5.75.